The molecule has 50 valence electrons. The summed E-state index contributed by atoms with van der Waals surface area (Å²) in [6, 6.07) is 1.80. The van der Waals surface area contributed by atoms with E-state index in [0.29, 0.717) is 0 Å². The van der Waals surface area contributed by atoms with E-state index in [2.05, 4.69) is 4.98 Å². The standard InChI is InChI=1S/C6H10N2O/c7-3-6(9)5-1-2-8-4-5/h1-2,4,6,8-9H,3,7H2. The molecule has 0 aliphatic rings. The lowest BCUT2D eigenvalue weighted by Crippen LogP contribution is -2.10. The first-order chi connectivity index (χ1) is 4.34. The maximum Gasteiger partial charge on any atom is 0.0926 e. The molecule has 0 saturated carbocycles. The first kappa shape index (κ1) is 6.32. The minimum absolute atomic E-state index is 0.276. The minimum Gasteiger partial charge on any atom is -0.387 e. The minimum atomic E-state index is -0.517. The van der Waals surface area contributed by atoms with Crippen molar-refractivity contribution in [2.45, 2.75) is 6.10 Å². The molecular formula is C6H10N2O. The van der Waals surface area contributed by atoms with Crippen LogP contribution in [0, 0.1) is 0 Å². The molecule has 1 aromatic heterocycles. The molecule has 0 saturated heterocycles. The summed E-state index contributed by atoms with van der Waals surface area (Å²) >= 11 is 0. The van der Waals surface area contributed by atoms with Gasteiger partial charge in [0.25, 0.3) is 0 Å². The molecule has 1 heterocycles. The third kappa shape index (κ3) is 1.31. The van der Waals surface area contributed by atoms with Gasteiger partial charge < -0.3 is 15.8 Å². The van der Waals surface area contributed by atoms with Crippen molar-refractivity contribution >= 4 is 0 Å². The number of aromatic amines is 1. The van der Waals surface area contributed by atoms with Crippen LogP contribution in [0.25, 0.3) is 0 Å². The maximum atomic E-state index is 9.07. The van der Waals surface area contributed by atoms with Gasteiger partial charge in [-0.05, 0) is 11.6 Å². The van der Waals surface area contributed by atoms with Gasteiger partial charge in [0.1, 0.15) is 0 Å². The molecule has 0 spiro atoms. The summed E-state index contributed by atoms with van der Waals surface area (Å²) in [5.41, 5.74) is 6.04. The topological polar surface area (TPSA) is 62.0 Å². The van der Waals surface area contributed by atoms with E-state index >= 15 is 0 Å². The molecule has 0 aliphatic heterocycles. The lowest BCUT2D eigenvalue weighted by molar-refractivity contribution is 0.187. The number of hydrogen-bond donors (Lipinski definition) is 3. The van der Waals surface area contributed by atoms with Crippen LogP contribution in [-0.2, 0) is 0 Å². The van der Waals surface area contributed by atoms with E-state index in [-0.39, 0.29) is 6.54 Å². The molecular weight excluding hydrogens is 116 g/mol. The third-order valence-electron chi connectivity index (χ3n) is 1.23. The van der Waals surface area contributed by atoms with Crippen LogP contribution in [-0.4, -0.2) is 16.6 Å². The Morgan fingerprint density at radius 2 is 2.56 bits per heavy atom. The number of H-pyrrole nitrogens is 1. The average molecular weight is 126 g/mol. The first-order valence-electron chi connectivity index (χ1n) is 2.85. The number of nitrogens with two attached hydrogens (primary N) is 1. The summed E-state index contributed by atoms with van der Waals surface area (Å²) < 4.78 is 0. The Kier molecular flexibility index (Phi) is 1.87. The lowest BCUT2D eigenvalue weighted by Gasteiger charge is -2.01. The Morgan fingerprint density at radius 3 is 3.00 bits per heavy atom. The van der Waals surface area contributed by atoms with Gasteiger partial charge >= 0.3 is 0 Å². The fourth-order valence-electron chi connectivity index (χ4n) is 0.680. The Balaban J connectivity index is 2.65. The molecule has 9 heavy (non-hydrogen) atoms. The molecule has 1 aromatic rings. The van der Waals surface area contributed by atoms with Crippen LogP contribution in [0.5, 0.6) is 0 Å². The van der Waals surface area contributed by atoms with E-state index in [0.717, 1.165) is 5.56 Å². The Morgan fingerprint density at radius 1 is 1.78 bits per heavy atom. The maximum absolute atomic E-state index is 9.07. The molecule has 0 aliphatic carbocycles. The van der Waals surface area contributed by atoms with Gasteiger partial charge in [-0.1, -0.05) is 0 Å². The Bertz CT molecular complexity index is 160. The monoisotopic (exact) mass is 126 g/mol. The van der Waals surface area contributed by atoms with Crippen LogP contribution in [0.2, 0.25) is 0 Å². The molecule has 0 aromatic carbocycles. The lowest BCUT2D eigenvalue weighted by atomic mass is 10.2. The van der Waals surface area contributed by atoms with Crippen molar-refractivity contribution in [2.75, 3.05) is 6.54 Å². The summed E-state index contributed by atoms with van der Waals surface area (Å²) in [5.74, 6) is 0. The highest BCUT2D eigenvalue weighted by Crippen LogP contribution is 2.07. The number of nitrogens with one attached hydrogen (secondary N) is 1. The molecule has 4 N–H and O–H groups in total. The van der Waals surface area contributed by atoms with Crippen LogP contribution in [0.15, 0.2) is 18.5 Å². The van der Waals surface area contributed by atoms with Gasteiger partial charge in [0, 0.05) is 18.9 Å². The molecule has 0 radical (unpaired) electrons. The zero-order chi connectivity index (χ0) is 6.69. The Hall–Kier alpha value is -0.800. The SMILES string of the molecule is NCC(O)c1cc[nH]c1. The predicted octanol–water partition coefficient (Wildman–Crippen LogP) is 0.00680. The summed E-state index contributed by atoms with van der Waals surface area (Å²) in [5, 5.41) is 9.07. The molecule has 0 bridgehead atoms. The number of hydrogen-bond acceptors (Lipinski definition) is 2. The second kappa shape index (κ2) is 2.66. The normalized spacial score (nSPS) is 13.6. The van der Waals surface area contributed by atoms with Gasteiger partial charge in [-0.3, -0.25) is 0 Å². The highest BCUT2D eigenvalue weighted by Gasteiger charge is 2.02. The highest BCUT2D eigenvalue weighted by atomic mass is 16.3. The zero-order valence-electron chi connectivity index (χ0n) is 5.04. The summed E-state index contributed by atoms with van der Waals surface area (Å²) in [6.45, 7) is 0.276. The first-order valence-corrected chi connectivity index (χ1v) is 2.85. The highest BCUT2D eigenvalue weighted by molar-refractivity contribution is 5.11. The van der Waals surface area contributed by atoms with E-state index < -0.39 is 6.10 Å². The molecule has 1 rings (SSSR count). The van der Waals surface area contributed by atoms with Crippen LogP contribution < -0.4 is 5.73 Å². The Labute approximate surface area is 53.5 Å². The second-order valence-electron chi connectivity index (χ2n) is 1.90. The average Bonchev–Trinajstić information content (AvgIpc) is 2.37. The second-order valence-corrected chi connectivity index (χ2v) is 1.90. The molecule has 0 amide bonds. The van der Waals surface area contributed by atoms with Gasteiger partial charge in [-0.2, -0.15) is 0 Å². The van der Waals surface area contributed by atoms with Crippen molar-refractivity contribution in [3.63, 3.8) is 0 Å². The van der Waals surface area contributed by atoms with Crippen molar-refractivity contribution in [1.29, 1.82) is 0 Å². The summed E-state index contributed by atoms with van der Waals surface area (Å²) in [4.78, 5) is 2.83. The van der Waals surface area contributed by atoms with E-state index in [9.17, 15) is 0 Å². The number of aliphatic hydroxyl groups is 1. The predicted molar refractivity (Wildman–Crippen MR) is 34.8 cm³/mol. The van der Waals surface area contributed by atoms with Gasteiger partial charge in [0.2, 0.25) is 0 Å². The quantitative estimate of drug-likeness (QED) is 0.522. The fourth-order valence-corrected chi connectivity index (χ4v) is 0.680. The molecule has 1 unspecified atom stereocenters. The molecule has 3 nitrogen and oxygen atoms in total. The zero-order valence-corrected chi connectivity index (χ0v) is 5.04. The van der Waals surface area contributed by atoms with Gasteiger partial charge in [0.15, 0.2) is 0 Å². The van der Waals surface area contributed by atoms with Crippen molar-refractivity contribution in [1.82, 2.24) is 4.98 Å². The van der Waals surface area contributed by atoms with Crippen molar-refractivity contribution in [2.24, 2.45) is 5.73 Å². The van der Waals surface area contributed by atoms with Crippen LogP contribution in [0.4, 0.5) is 0 Å². The van der Waals surface area contributed by atoms with Gasteiger partial charge in [-0.25, -0.2) is 0 Å². The van der Waals surface area contributed by atoms with Gasteiger partial charge in [-0.15, -0.1) is 0 Å². The van der Waals surface area contributed by atoms with Crippen molar-refractivity contribution < 1.29 is 5.11 Å². The van der Waals surface area contributed by atoms with E-state index in [1.165, 1.54) is 0 Å². The van der Waals surface area contributed by atoms with Gasteiger partial charge in [0.05, 0.1) is 6.10 Å². The summed E-state index contributed by atoms with van der Waals surface area (Å²) in [6.07, 6.45) is 2.97. The largest absolute Gasteiger partial charge is 0.387 e. The van der Waals surface area contributed by atoms with Crippen molar-refractivity contribution in [3.8, 4) is 0 Å². The smallest absolute Gasteiger partial charge is 0.0926 e. The molecule has 1 atom stereocenters. The number of aliphatic hydroxyl groups excluding tert-OH is 1. The van der Waals surface area contributed by atoms with Crippen molar-refractivity contribution in [3.05, 3.63) is 24.0 Å². The number of aromatic nitrogens is 1. The number of rotatable bonds is 2. The van der Waals surface area contributed by atoms with E-state index in [4.69, 9.17) is 10.8 Å². The summed E-state index contributed by atoms with van der Waals surface area (Å²) in [7, 11) is 0. The van der Waals surface area contributed by atoms with Crippen LogP contribution in [0.3, 0.4) is 0 Å². The van der Waals surface area contributed by atoms with E-state index in [1.807, 2.05) is 0 Å². The molecule has 3 heteroatoms. The molecule has 0 fully saturated rings. The fraction of sp³-hybridized carbons (Fsp3) is 0.333. The van der Waals surface area contributed by atoms with Crippen LogP contribution >= 0.6 is 0 Å². The van der Waals surface area contributed by atoms with Crippen LogP contribution in [0.1, 0.15) is 11.7 Å². The van der Waals surface area contributed by atoms with E-state index in [1.54, 1.807) is 18.5 Å². The third-order valence-corrected chi connectivity index (χ3v) is 1.23.